The van der Waals surface area contributed by atoms with Crippen molar-refractivity contribution in [2.24, 2.45) is 10.9 Å². The van der Waals surface area contributed by atoms with Gasteiger partial charge in [0.15, 0.2) is 17.6 Å². The molecule has 8 heteroatoms. The van der Waals surface area contributed by atoms with E-state index in [9.17, 15) is 13.6 Å². The highest BCUT2D eigenvalue weighted by Crippen LogP contribution is 2.26. The van der Waals surface area contributed by atoms with Crippen LogP contribution in [0.1, 0.15) is 53.0 Å². The molecule has 1 saturated carbocycles. The van der Waals surface area contributed by atoms with Gasteiger partial charge < -0.3 is 5.32 Å². The van der Waals surface area contributed by atoms with Crippen LogP contribution >= 0.6 is 0 Å². The van der Waals surface area contributed by atoms with Gasteiger partial charge in [0.25, 0.3) is 5.91 Å². The van der Waals surface area contributed by atoms with E-state index in [2.05, 4.69) is 25.6 Å². The summed E-state index contributed by atoms with van der Waals surface area (Å²) in [7, 11) is 0. The Kier molecular flexibility index (Phi) is 8.13. The van der Waals surface area contributed by atoms with E-state index in [4.69, 9.17) is 0 Å². The van der Waals surface area contributed by atoms with Crippen molar-refractivity contribution >= 4 is 11.9 Å². The van der Waals surface area contributed by atoms with E-state index < -0.39 is 17.5 Å². The number of guanidine groups is 1. The highest BCUT2D eigenvalue weighted by Gasteiger charge is 2.23. The lowest BCUT2D eigenvalue weighted by molar-refractivity contribution is 0.0974. The quantitative estimate of drug-likeness (QED) is 0.397. The minimum Gasteiger partial charge on any atom is -0.353 e. The van der Waals surface area contributed by atoms with Gasteiger partial charge in [-0.2, -0.15) is 0 Å². The number of nitrogens with one attached hydrogen (secondary N) is 2. The fraction of sp³-hybridized carbons (Fsp3) is 0.333. The molecule has 1 aliphatic carbocycles. The van der Waals surface area contributed by atoms with Gasteiger partial charge in [-0.3, -0.25) is 10.1 Å². The molecule has 2 aromatic carbocycles. The Balaban J connectivity index is 1.41. The number of carbonyl (C=O) groups is 1. The van der Waals surface area contributed by atoms with Crippen LogP contribution in [0.3, 0.4) is 0 Å². The van der Waals surface area contributed by atoms with Gasteiger partial charge in [0.1, 0.15) is 5.82 Å². The standard InChI is InChI=1S/C27H29F2N5O/c1-18-3-5-20(6-4-18)17-32-27(34-26(35)21-9-12-23(28)24(29)16-21)33-22-10-7-19(8-11-22)15-25-30-13-2-14-31-25/h2-6,9,12-14,16,19,22H,7-8,10-11,15,17H2,1H3,(H2,32,33,34,35). The molecule has 0 atom stereocenters. The van der Waals surface area contributed by atoms with Crippen LogP contribution in [0.5, 0.6) is 0 Å². The predicted octanol–water partition coefficient (Wildman–Crippen LogP) is 4.74. The van der Waals surface area contributed by atoms with Crippen molar-refractivity contribution in [2.75, 3.05) is 0 Å². The molecule has 0 bridgehead atoms. The molecule has 4 rings (SSSR count). The lowest BCUT2D eigenvalue weighted by Gasteiger charge is -2.29. The summed E-state index contributed by atoms with van der Waals surface area (Å²) < 4.78 is 26.9. The maximum Gasteiger partial charge on any atom is 0.258 e. The van der Waals surface area contributed by atoms with Crippen LogP contribution in [0.25, 0.3) is 0 Å². The Bertz CT molecular complexity index is 1160. The molecule has 1 amide bonds. The second-order valence-corrected chi connectivity index (χ2v) is 8.96. The monoisotopic (exact) mass is 477 g/mol. The van der Waals surface area contributed by atoms with E-state index in [0.717, 1.165) is 61.2 Å². The van der Waals surface area contributed by atoms with Crippen molar-refractivity contribution < 1.29 is 13.6 Å². The Hall–Kier alpha value is -3.68. The minimum atomic E-state index is -1.07. The number of nitrogens with zero attached hydrogens (tertiary/aromatic N) is 3. The van der Waals surface area contributed by atoms with Gasteiger partial charge >= 0.3 is 0 Å². The van der Waals surface area contributed by atoms with Crippen molar-refractivity contribution in [1.82, 2.24) is 20.6 Å². The number of benzene rings is 2. The lowest BCUT2D eigenvalue weighted by Crippen LogP contribution is -2.47. The summed E-state index contributed by atoms with van der Waals surface area (Å²) in [4.78, 5) is 26.0. The highest BCUT2D eigenvalue weighted by molar-refractivity contribution is 6.05. The number of carbonyl (C=O) groups excluding carboxylic acids is 1. The van der Waals surface area contributed by atoms with Crippen LogP contribution in [0.15, 0.2) is 65.9 Å². The van der Waals surface area contributed by atoms with Crippen LogP contribution < -0.4 is 10.6 Å². The summed E-state index contributed by atoms with van der Waals surface area (Å²) in [6, 6.07) is 13.0. The molecule has 0 saturated heterocycles. The van der Waals surface area contributed by atoms with Gasteiger partial charge in [-0.25, -0.2) is 23.7 Å². The maximum absolute atomic E-state index is 13.6. The van der Waals surface area contributed by atoms with E-state index in [1.54, 1.807) is 12.4 Å². The summed E-state index contributed by atoms with van der Waals surface area (Å²) in [5.74, 6) is -0.901. The van der Waals surface area contributed by atoms with Crippen LogP contribution in [0, 0.1) is 24.5 Å². The number of aromatic nitrogens is 2. The first kappa shape index (κ1) is 24.4. The average molecular weight is 478 g/mol. The molecular formula is C27H29F2N5O. The van der Waals surface area contributed by atoms with E-state index >= 15 is 0 Å². The molecule has 6 nitrogen and oxygen atoms in total. The van der Waals surface area contributed by atoms with E-state index in [1.165, 1.54) is 6.07 Å². The third-order valence-electron chi connectivity index (χ3n) is 6.23. The van der Waals surface area contributed by atoms with E-state index in [0.29, 0.717) is 18.4 Å². The molecule has 0 radical (unpaired) electrons. The molecule has 35 heavy (non-hydrogen) atoms. The molecular weight excluding hydrogens is 448 g/mol. The second-order valence-electron chi connectivity index (χ2n) is 8.96. The second kappa shape index (κ2) is 11.6. The number of amides is 1. The number of aliphatic imine (C=N–C) groups is 1. The van der Waals surface area contributed by atoms with Gasteiger partial charge in [0, 0.05) is 30.4 Å². The third-order valence-corrected chi connectivity index (χ3v) is 6.23. The van der Waals surface area contributed by atoms with Gasteiger partial charge in [0.05, 0.1) is 6.54 Å². The minimum absolute atomic E-state index is 0.0281. The molecule has 1 aliphatic rings. The van der Waals surface area contributed by atoms with Crippen LogP contribution in [0.4, 0.5) is 8.78 Å². The molecule has 2 N–H and O–H groups in total. The fourth-order valence-electron chi connectivity index (χ4n) is 4.20. The van der Waals surface area contributed by atoms with E-state index in [-0.39, 0.29) is 11.6 Å². The average Bonchev–Trinajstić information content (AvgIpc) is 2.87. The van der Waals surface area contributed by atoms with Gasteiger partial charge in [-0.1, -0.05) is 29.8 Å². The summed E-state index contributed by atoms with van der Waals surface area (Å²) >= 11 is 0. The molecule has 0 aliphatic heterocycles. The van der Waals surface area contributed by atoms with Crippen molar-refractivity contribution in [3.63, 3.8) is 0 Å². The maximum atomic E-state index is 13.6. The van der Waals surface area contributed by atoms with Crippen molar-refractivity contribution in [1.29, 1.82) is 0 Å². The van der Waals surface area contributed by atoms with Crippen molar-refractivity contribution in [3.05, 3.63) is 95.1 Å². The van der Waals surface area contributed by atoms with Crippen molar-refractivity contribution in [3.8, 4) is 0 Å². The summed E-state index contributed by atoms with van der Waals surface area (Å²) in [6.07, 6.45) is 8.25. The normalized spacial score (nSPS) is 18.2. The predicted molar refractivity (Wildman–Crippen MR) is 131 cm³/mol. The molecule has 0 spiro atoms. The van der Waals surface area contributed by atoms with Crippen LogP contribution in [0.2, 0.25) is 0 Å². The first-order valence-electron chi connectivity index (χ1n) is 11.8. The Morgan fingerprint density at radius 3 is 2.40 bits per heavy atom. The highest BCUT2D eigenvalue weighted by atomic mass is 19.2. The molecule has 1 heterocycles. The summed E-state index contributed by atoms with van der Waals surface area (Å²) in [5, 5.41) is 6.12. The Morgan fingerprint density at radius 1 is 1.00 bits per heavy atom. The molecule has 3 aromatic rings. The summed E-state index contributed by atoms with van der Waals surface area (Å²) in [5.41, 5.74) is 2.18. The zero-order valence-electron chi connectivity index (χ0n) is 19.7. The zero-order valence-corrected chi connectivity index (χ0v) is 19.7. The lowest BCUT2D eigenvalue weighted by atomic mass is 9.84. The summed E-state index contributed by atoms with van der Waals surface area (Å²) in [6.45, 7) is 2.39. The Labute approximate surface area is 203 Å². The number of rotatable bonds is 6. The molecule has 1 aromatic heterocycles. The van der Waals surface area contributed by atoms with Crippen molar-refractivity contribution in [2.45, 2.75) is 51.6 Å². The van der Waals surface area contributed by atoms with Gasteiger partial charge in [0.2, 0.25) is 0 Å². The number of hydrogen-bond acceptors (Lipinski definition) is 4. The van der Waals surface area contributed by atoms with Crippen LogP contribution in [-0.2, 0) is 13.0 Å². The van der Waals surface area contributed by atoms with Gasteiger partial charge in [-0.15, -0.1) is 0 Å². The number of hydrogen-bond donors (Lipinski definition) is 2. The molecule has 0 unspecified atom stereocenters. The van der Waals surface area contributed by atoms with E-state index in [1.807, 2.05) is 37.3 Å². The third kappa shape index (κ3) is 7.15. The van der Waals surface area contributed by atoms with Crippen LogP contribution in [-0.4, -0.2) is 27.9 Å². The first-order valence-corrected chi connectivity index (χ1v) is 11.8. The fourth-order valence-corrected chi connectivity index (χ4v) is 4.20. The largest absolute Gasteiger partial charge is 0.353 e. The topological polar surface area (TPSA) is 79.3 Å². The first-order chi connectivity index (χ1) is 17.0. The molecule has 182 valence electrons. The Morgan fingerprint density at radius 2 is 1.71 bits per heavy atom. The molecule has 1 fully saturated rings. The number of halogens is 2. The zero-order chi connectivity index (χ0) is 24.6. The number of aryl methyl sites for hydroxylation is 1. The SMILES string of the molecule is Cc1ccc(CN=C(NC(=O)c2ccc(F)c(F)c2)NC2CCC(Cc3ncccn3)CC2)cc1. The smallest absolute Gasteiger partial charge is 0.258 e. The van der Waals surface area contributed by atoms with Gasteiger partial charge in [-0.05, 0) is 68.4 Å².